The molecule has 0 bridgehead atoms. The van der Waals surface area contributed by atoms with Gasteiger partial charge < -0.3 is 5.48 Å². The zero-order valence-electron chi connectivity index (χ0n) is 2.16. The number of hydrogen-bond acceptors (Lipinski definition) is 2. The van der Waals surface area contributed by atoms with Crippen LogP contribution in [0.15, 0.2) is 0 Å². The van der Waals surface area contributed by atoms with E-state index in [2.05, 4.69) is 15.9 Å². The third-order valence-electron chi connectivity index (χ3n) is 0. The summed E-state index contributed by atoms with van der Waals surface area (Å²) in [7, 11) is 0. The van der Waals surface area contributed by atoms with Crippen molar-refractivity contribution in [2.45, 2.75) is 0 Å². The van der Waals surface area contributed by atoms with Crippen LogP contribution in [-0.4, -0.2) is 28.5 Å². The predicted octanol–water partition coefficient (Wildman–Crippen LogP) is -0.947. The molecular formula is H2CuMgO2. The van der Waals surface area contributed by atoms with Crippen molar-refractivity contribution in [3.8, 4) is 0 Å². The first-order valence-corrected chi connectivity index (χ1v) is 0.508. The summed E-state index contributed by atoms with van der Waals surface area (Å²) in [6, 6.07) is 0. The van der Waals surface area contributed by atoms with Crippen molar-refractivity contribution >= 4 is 23.1 Å². The molecule has 4 heavy (non-hydrogen) atoms. The van der Waals surface area contributed by atoms with Gasteiger partial charge in [-0.15, -0.1) is 0 Å². The summed E-state index contributed by atoms with van der Waals surface area (Å²) in [5.41, 5.74) is 0. The van der Waals surface area contributed by atoms with E-state index in [1.165, 1.54) is 0 Å². The minimum absolute atomic E-state index is 0. The Morgan fingerprint density at radius 3 is 1.25 bits per heavy atom. The van der Waals surface area contributed by atoms with E-state index >= 15 is 0 Å². The summed E-state index contributed by atoms with van der Waals surface area (Å²) in [5, 5.41) is 0. The maximum absolute atomic E-state index is 7.81. The molecule has 0 aromatic heterocycles. The zero-order chi connectivity index (χ0) is 2.00. The van der Waals surface area contributed by atoms with Crippen molar-refractivity contribution in [3.05, 3.63) is 0 Å². The number of rotatable bonds is 0. The van der Waals surface area contributed by atoms with Gasteiger partial charge in [0.05, 0.1) is 0 Å². The standard InChI is InChI=1S/Cu.Mg.H2O.O.H/h;;1H2;;/q;+1;;;/p-1. The van der Waals surface area contributed by atoms with Gasteiger partial charge in [0.1, 0.15) is 0 Å². The Morgan fingerprint density at radius 2 is 1.25 bits per heavy atom. The monoisotopic (exact) mass is 121 g/mol. The molecule has 4 heteroatoms. The Morgan fingerprint density at radius 1 is 1.25 bits per heavy atom. The Labute approximate surface area is 48.4 Å². The molecule has 0 atom stereocenters. The molecule has 0 saturated heterocycles. The molecule has 0 heterocycles. The summed E-state index contributed by atoms with van der Waals surface area (Å²) in [4.78, 5) is 0. The molecule has 0 unspecified atom stereocenters. The molecule has 0 aromatic rings. The van der Waals surface area contributed by atoms with Crippen LogP contribution in [-0.2, 0) is 19.8 Å². The van der Waals surface area contributed by atoms with E-state index in [1.54, 1.807) is 0 Å². The van der Waals surface area contributed by atoms with Crippen molar-refractivity contribution in [2.75, 3.05) is 0 Å². The first-order valence-electron chi connectivity index (χ1n) is 0.123. The molecule has 2 nitrogen and oxygen atoms in total. The molecule has 0 amide bonds. The van der Waals surface area contributed by atoms with Crippen LogP contribution in [0.4, 0.5) is 0 Å². The van der Waals surface area contributed by atoms with Crippen LogP contribution < -0.4 is 0 Å². The fraction of sp³-hybridized carbons (Fsp3) is 0. The summed E-state index contributed by atoms with van der Waals surface area (Å²) in [6.45, 7) is 0. The molecule has 27 valence electrons. The first-order chi connectivity index (χ1) is 1.00. The first kappa shape index (κ1) is 19.7. The Kier molecular flexibility index (Phi) is 169. The fourth-order valence-electron chi connectivity index (χ4n) is 0. The summed E-state index contributed by atoms with van der Waals surface area (Å²) in [5.74, 6) is 0. The maximum atomic E-state index is 7.81. The van der Waals surface area contributed by atoms with Crippen LogP contribution in [0.25, 0.3) is 0 Å². The van der Waals surface area contributed by atoms with E-state index in [1.807, 2.05) is 0 Å². The molecule has 0 saturated carbocycles. The third-order valence-corrected chi connectivity index (χ3v) is 0. The summed E-state index contributed by atoms with van der Waals surface area (Å²) in [6.07, 6.45) is 0. The van der Waals surface area contributed by atoms with Crippen molar-refractivity contribution < 1.29 is 25.3 Å². The Hall–Kier alpha value is 1.05. The second-order valence-electron chi connectivity index (χ2n) is 0. The van der Waals surface area contributed by atoms with Gasteiger partial charge in [0.2, 0.25) is 0 Å². The Balaban J connectivity index is -0.00000000500. The van der Waals surface area contributed by atoms with Crippen LogP contribution in [0.3, 0.4) is 0 Å². The second-order valence-corrected chi connectivity index (χ2v) is 0. The van der Waals surface area contributed by atoms with Gasteiger partial charge in [-0.3, -0.25) is 0 Å². The van der Waals surface area contributed by atoms with Crippen LogP contribution >= 0.6 is 0 Å². The van der Waals surface area contributed by atoms with E-state index in [4.69, 9.17) is 3.83 Å². The minimum atomic E-state index is 0. The van der Waals surface area contributed by atoms with Gasteiger partial charge in [-0.1, -0.05) is 0 Å². The van der Waals surface area contributed by atoms with Crippen LogP contribution in [0.5, 0.6) is 0 Å². The molecule has 0 fully saturated rings. The Bertz CT molecular complexity index is 6.00. The average molecular weight is 122 g/mol. The SMILES string of the molecule is [MgH+].[OH-].[O]=[Cu]. The van der Waals surface area contributed by atoms with Crippen molar-refractivity contribution in [2.24, 2.45) is 0 Å². The number of hydrogen-bond donors (Lipinski definition) is 0. The van der Waals surface area contributed by atoms with Gasteiger partial charge in [0, 0.05) is 0 Å². The molecule has 0 aliphatic heterocycles. The molecule has 0 radical (unpaired) electrons. The van der Waals surface area contributed by atoms with Gasteiger partial charge in [0.25, 0.3) is 0 Å². The summed E-state index contributed by atoms with van der Waals surface area (Å²) >= 11 is 2.94. The molecular weight excluding hydrogens is 120 g/mol. The molecule has 0 rings (SSSR count). The van der Waals surface area contributed by atoms with Gasteiger partial charge >= 0.3 is 42.8 Å². The van der Waals surface area contributed by atoms with Crippen LogP contribution in [0.2, 0.25) is 0 Å². The van der Waals surface area contributed by atoms with E-state index in [-0.39, 0.29) is 28.5 Å². The topological polar surface area (TPSA) is 47.1 Å². The van der Waals surface area contributed by atoms with Crippen molar-refractivity contribution in [1.29, 1.82) is 0 Å². The molecule has 0 aromatic carbocycles. The third kappa shape index (κ3) is 11.7. The van der Waals surface area contributed by atoms with Crippen molar-refractivity contribution in [3.63, 3.8) is 0 Å². The van der Waals surface area contributed by atoms with Gasteiger partial charge in [-0.2, -0.15) is 0 Å². The van der Waals surface area contributed by atoms with E-state index in [9.17, 15) is 0 Å². The van der Waals surface area contributed by atoms with Gasteiger partial charge in [0.15, 0.2) is 0 Å². The van der Waals surface area contributed by atoms with E-state index in [0.29, 0.717) is 0 Å². The quantitative estimate of drug-likeness (QED) is 0.389. The molecule has 1 N–H and O–H groups in total. The van der Waals surface area contributed by atoms with Crippen LogP contribution in [0.1, 0.15) is 0 Å². The average Bonchev–Trinajstić information content (AvgIpc) is 1.00. The predicted molar refractivity (Wildman–Crippen MR) is 9.77 cm³/mol. The van der Waals surface area contributed by atoms with E-state index in [0.717, 1.165) is 0 Å². The second kappa shape index (κ2) is 34.3. The van der Waals surface area contributed by atoms with E-state index < -0.39 is 0 Å². The van der Waals surface area contributed by atoms with Gasteiger partial charge in [-0.05, 0) is 0 Å². The van der Waals surface area contributed by atoms with Crippen LogP contribution in [0, 0.1) is 0 Å². The zero-order valence-corrected chi connectivity index (χ0v) is 5.10. The fourth-order valence-corrected chi connectivity index (χ4v) is 0. The van der Waals surface area contributed by atoms with Crippen molar-refractivity contribution in [1.82, 2.24) is 0 Å². The summed E-state index contributed by atoms with van der Waals surface area (Å²) < 4.78 is 7.81. The molecule has 0 aliphatic rings. The molecule has 0 aliphatic carbocycles. The normalized spacial score (nSPS) is 1.50. The van der Waals surface area contributed by atoms with Gasteiger partial charge in [-0.25, -0.2) is 0 Å². The molecule has 0 spiro atoms.